The summed E-state index contributed by atoms with van der Waals surface area (Å²) in [4.78, 5) is 4.08. The lowest BCUT2D eigenvalue weighted by Gasteiger charge is -2.22. The van der Waals surface area contributed by atoms with Crippen LogP contribution in [-0.4, -0.2) is 29.0 Å². The van der Waals surface area contributed by atoms with E-state index in [4.69, 9.17) is 0 Å². The molecule has 0 aliphatic carbocycles. The first-order valence-electron chi connectivity index (χ1n) is 4.66. The molecule has 0 saturated carbocycles. The SMILES string of the molecule is c1nsc(NCC2CCNCC2)n1. The van der Waals surface area contributed by atoms with Crippen molar-refractivity contribution in [2.75, 3.05) is 25.0 Å². The Morgan fingerprint density at radius 3 is 3.08 bits per heavy atom. The molecule has 2 rings (SSSR count). The van der Waals surface area contributed by atoms with Gasteiger partial charge in [0.15, 0.2) is 0 Å². The van der Waals surface area contributed by atoms with E-state index in [0.29, 0.717) is 0 Å². The lowest BCUT2D eigenvalue weighted by molar-refractivity contribution is 0.390. The number of piperidine rings is 1. The molecule has 4 nitrogen and oxygen atoms in total. The summed E-state index contributed by atoms with van der Waals surface area (Å²) in [5.74, 6) is 0.796. The smallest absolute Gasteiger partial charge is 0.202 e. The van der Waals surface area contributed by atoms with Gasteiger partial charge in [-0.2, -0.15) is 4.37 Å². The molecule has 0 aromatic carbocycles. The second-order valence-corrected chi connectivity index (χ2v) is 4.10. The minimum Gasteiger partial charge on any atom is -0.360 e. The Kier molecular flexibility index (Phi) is 3.10. The van der Waals surface area contributed by atoms with Crippen molar-refractivity contribution in [1.29, 1.82) is 0 Å². The van der Waals surface area contributed by atoms with E-state index >= 15 is 0 Å². The highest BCUT2D eigenvalue weighted by Crippen LogP contribution is 2.13. The summed E-state index contributed by atoms with van der Waals surface area (Å²) in [6, 6.07) is 0. The second kappa shape index (κ2) is 4.53. The van der Waals surface area contributed by atoms with E-state index in [0.717, 1.165) is 30.7 Å². The summed E-state index contributed by atoms with van der Waals surface area (Å²) in [5.41, 5.74) is 0. The van der Waals surface area contributed by atoms with Gasteiger partial charge in [-0.1, -0.05) is 0 Å². The molecule has 1 saturated heterocycles. The van der Waals surface area contributed by atoms with Gasteiger partial charge in [-0.25, -0.2) is 4.98 Å². The van der Waals surface area contributed by atoms with Crippen LogP contribution < -0.4 is 10.6 Å². The topological polar surface area (TPSA) is 49.8 Å². The van der Waals surface area contributed by atoms with Gasteiger partial charge in [0.05, 0.1) is 0 Å². The molecule has 2 N–H and O–H groups in total. The van der Waals surface area contributed by atoms with E-state index in [2.05, 4.69) is 20.0 Å². The van der Waals surface area contributed by atoms with Crippen molar-refractivity contribution in [3.63, 3.8) is 0 Å². The third-order valence-corrected chi connectivity index (χ3v) is 2.98. The Hall–Kier alpha value is -0.680. The second-order valence-electron chi connectivity index (χ2n) is 3.32. The molecule has 0 bridgehead atoms. The third kappa shape index (κ3) is 2.63. The zero-order chi connectivity index (χ0) is 8.93. The number of rotatable bonds is 3. The largest absolute Gasteiger partial charge is 0.360 e. The van der Waals surface area contributed by atoms with Crippen LogP contribution in [0.15, 0.2) is 6.33 Å². The molecule has 1 aromatic heterocycles. The van der Waals surface area contributed by atoms with Crippen LogP contribution in [0.4, 0.5) is 5.13 Å². The minimum absolute atomic E-state index is 0.796. The molecule has 1 aliphatic heterocycles. The maximum atomic E-state index is 4.08. The molecule has 1 fully saturated rings. The van der Waals surface area contributed by atoms with Crippen LogP contribution in [0.3, 0.4) is 0 Å². The molecule has 0 radical (unpaired) electrons. The van der Waals surface area contributed by atoms with E-state index < -0.39 is 0 Å². The molecular formula is C8H14N4S. The molecule has 2 heterocycles. The van der Waals surface area contributed by atoms with E-state index in [1.165, 1.54) is 24.4 Å². The summed E-state index contributed by atoms with van der Waals surface area (Å²) in [6.45, 7) is 3.35. The van der Waals surface area contributed by atoms with Crippen molar-refractivity contribution in [2.45, 2.75) is 12.8 Å². The number of aromatic nitrogens is 2. The maximum Gasteiger partial charge on any atom is 0.202 e. The number of anilines is 1. The van der Waals surface area contributed by atoms with Crippen LogP contribution >= 0.6 is 11.5 Å². The Bertz CT molecular complexity index is 230. The molecule has 0 amide bonds. The number of hydrogen-bond acceptors (Lipinski definition) is 5. The average molecular weight is 198 g/mol. The van der Waals surface area contributed by atoms with Crippen molar-refractivity contribution in [1.82, 2.24) is 14.7 Å². The van der Waals surface area contributed by atoms with Crippen LogP contribution in [0, 0.1) is 5.92 Å². The summed E-state index contributed by atoms with van der Waals surface area (Å²) < 4.78 is 3.94. The monoisotopic (exact) mass is 198 g/mol. The fourth-order valence-corrected chi connectivity index (χ4v) is 2.00. The van der Waals surface area contributed by atoms with Gasteiger partial charge in [0, 0.05) is 18.1 Å². The molecule has 0 atom stereocenters. The van der Waals surface area contributed by atoms with E-state index in [1.807, 2.05) is 0 Å². The third-order valence-electron chi connectivity index (χ3n) is 2.36. The van der Waals surface area contributed by atoms with Crippen molar-refractivity contribution in [3.8, 4) is 0 Å². The van der Waals surface area contributed by atoms with Crippen molar-refractivity contribution < 1.29 is 0 Å². The first-order chi connectivity index (χ1) is 6.45. The summed E-state index contributed by atoms with van der Waals surface area (Å²) >= 11 is 1.42. The molecule has 72 valence electrons. The number of nitrogens with zero attached hydrogens (tertiary/aromatic N) is 2. The molecule has 5 heteroatoms. The zero-order valence-electron chi connectivity index (χ0n) is 7.49. The number of nitrogens with one attached hydrogen (secondary N) is 2. The Labute approximate surface area is 81.9 Å². The first kappa shape index (κ1) is 8.90. The van der Waals surface area contributed by atoms with Crippen molar-refractivity contribution in [2.24, 2.45) is 5.92 Å². The number of hydrogen-bond donors (Lipinski definition) is 2. The summed E-state index contributed by atoms with van der Waals surface area (Å²) in [7, 11) is 0. The van der Waals surface area contributed by atoms with Gasteiger partial charge in [-0.15, -0.1) is 0 Å². The van der Waals surface area contributed by atoms with Crippen molar-refractivity contribution >= 4 is 16.7 Å². The van der Waals surface area contributed by atoms with Gasteiger partial charge < -0.3 is 10.6 Å². The van der Waals surface area contributed by atoms with E-state index in [-0.39, 0.29) is 0 Å². The van der Waals surface area contributed by atoms with Crippen LogP contribution in [0.2, 0.25) is 0 Å². The van der Waals surface area contributed by atoms with Gasteiger partial charge in [-0.05, 0) is 31.8 Å². The molecule has 0 unspecified atom stereocenters. The van der Waals surface area contributed by atoms with Gasteiger partial charge >= 0.3 is 0 Å². The standard InChI is InChI=1S/C8H14N4S/c1-3-9-4-2-7(1)5-10-8-11-6-12-13-8/h6-7,9H,1-5H2,(H,10,11,12). The zero-order valence-corrected chi connectivity index (χ0v) is 8.31. The predicted octanol–water partition coefficient (Wildman–Crippen LogP) is 0.950. The average Bonchev–Trinajstić information content (AvgIpc) is 2.69. The highest BCUT2D eigenvalue weighted by Gasteiger charge is 2.12. The van der Waals surface area contributed by atoms with Gasteiger partial charge in [0.1, 0.15) is 6.33 Å². The summed E-state index contributed by atoms with van der Waals surface area (Å²) in [5, 5.41) is 7.61. The van der Waals surface area contributed by atoms with Crippen LogP contribution in [-0.2, 0) is 0 Å². The normalized spacial score (nSPS) is 18.8. The lowest BCUT2D eigenvalue weighted by atomic mass is 9.98. The van der Waals surface area contributed by atoms with E-state index in [1.54, 1.807) is 6.33 Å². The molecule has 13 heavy (non-hydrogen) atoms. The Morgan fingerprint density at radius 1 is 1.54 bits per heavy atom. The summed E-state index contributed by atoms with van der Waals surface area (Å²) in [6.07, 6.45) is 4.13. The van der Waals surface area contributed by atoms with Crippen molar-refractivity contribution in [3.05, 3.63) is 6.33 Å². The van der Waals surface area contributed by atoms with Crippen LogP contribution in [0.5, 0.6) is 0 Å². The predicted molar refractivity (Wildman–Crippen MR) is 54.0 cm³/mol. The maximum absolute atomic E-state index is 4.08. The quantitative estimate of drug-likeness (QED) is 0.759. The molecule has 1 aromatic rings. The van der Waals surface area contributed by atoms with Gasteiger partial charge in [0.2, 0.25) is 5.13 Å². The highest BCUT2D eigenvalue weighted by atomic mass is 32.1. The highest BCUT2D eigenvalue weighted by molar-refractivity contribution is 7.09. The lowest BCUT2D eigenvalue weighted by Crippen LogP contribution is -2.31. The Morgan fingerprint density at radius 2 is 2.38 bits per heavy atom. The minimum atomic E-state index is 0.796. The van der Waals surface area contributed by atoms with Gasteiger partial charge in [0.25, 0.3) is 0 Å². The fourth-order valence-electron chi connectivity index (χ4n) is 1.57. The Balaban J connectivity index is 1.72. The molecule has 1 aliphatic rings. The first-order valence-corrected chi connectivity index (χ1v) is 5.44. The van der Waals surface area contributed by atoms with E-state index in [9.17, 15) is 0 Å². The van der Waals surface area contributed by atoms with Crippen LogP contribution in [0.25, 0.3) is 0 Å². The van der Waals surface area contributed by atoms with Gasteiger partial charge in [-0.3, -0.25) is 0 Å². The van der Waals surface area contributed by atoms with Crippen LogP contribution in [0.1, 0.15) is 12.8 Å². The fraction of sp³-hybridized carbons (Fsp3) is 0.750. The molecule has 0 spiro atoms. The molecular weight excluding hydrogens is 184 g/mol.